The molecule has 0 N–H and O–H groups in total. The lowest BCUT2D eigenvalue weighted by atomic mass is 10.0. The molecule has 0 amide bonds. The number of piperidine rings is 1. The number of benzene rings is 1. The van der Waals surface area contributed by atoms with Gasteiger partial charge in [0.2, 0.25) is 10.0 Å². The fourth-order valence-corrected chi connectivity index (χ4v) is 4.45. The molecule has 5 heteroatoms. The van der Waals surface area contributed by atoms with Gasteiger partial charge in [-0.25, -0.2) is 8.42 Å². The van der Waals surface area contributed by atoms with Gasteiger partial charge in [0.05, 0.1) is 4.90 Å². The maximum atomic E-state index is 12.6. The standard InChI is InChI=1S/C13H18ClNO2S/c1-10-5-4-8-15(9-10)18(16,17)13-7-3-6-12(14)11(13)2/h3,6-7,10H,4-5,8-9H2,1-2H3/t10-/m1/s1. The van der Waals surface area contributed by atoms with Gasteiger partial charge in [-0.1, -0.05) is 24.6 Å². The van der Waals surface area contributed by atoms with Crippen molar-refractivity contribution in [1.82, 2.24) is 4.31 Å². The van der Waals surface area contributed by atoms with Gasteiger partial charge in [-0.3, -0.25) is 0 Å². The highest BCUT2D eigenvalue weighted by Crippen LogP contribution is 2.28. The van der Waals surface area contributed by atoms with Crippen LogP contribution < -0.4 is 0 Å². The summed E-state index contributed by atoms with van der Waals surface area (Å²) in [5.74, 6) is 0.424. The van der Waals surface area contributed by atoms with E-state index in [-0.39, 0.29) is 0 Å². The maximum Gasteiger partial charge on any atom is 0.243 e. The monoisotopic (exact) mass is 287 g/mol. The first-order valence-electron chi connectivity index (χ1n) is 6.18. The molecule has 1 aliphatic rings. The Labute approximate surface area is 114 Å². The van der Waals surface area contributed by atoms with Crippen LogP contribution in [0.4, 0.5) is 0 Å². The van der Waals surface area contributed by atoms with Crippen molar-refractivity contribution in [2.45, 2.75) is 31.6 Å². The molecule has 3 nitrogen and oxygen atoms in total. The molecule has 0 radical (unpaired) electrons. The van der Waals surface area contributed by atoms with E-state index in [2.05, 4.69) is 6.92 Å². The van der Waals surface area contributed by atoms with Gasteiger partial charge in [0.25, 0.3) is 0 Å². The van der Waals surface area contributed by atoms with Gasteiger partial charge in [0, 0.05) is 18.1 Å². The molecule has 1 aliphatic heterocycles. The van der Waals surface area contributed by atoms with E-state index in [0.29, 0.717) is 34.5 Å². The lowest BCUT2D eigenvalue weighted by Gasteiger charge is -2.30. The van der Waals surface area contributed by atoms with Gasteiger partial charge in [0.15, 0.2) is 0 Å². The summed E-state index contributed by atoms with van der Waals surface area (Å²) < 4.78 is 26.7. The first kappa shape index (κ1) is 13.8. The van der Waals surface area contributed by atoms with Crippen LogP contribution in [0.15, 0.2) is 23.1 Å². The van der Waals surface area contributed by atoms with Gasteiger partial charge in [-0.05, 0) is 43.4 Å². The van der Waals surface area contributed by atoms with Gasteiger partial charge in [-0.15, -0.1) is 0 Å². The third-order valence-corrected chi connectivity index (χ3v) is 5.87. The largest absolute Gasteiger partial charge is 0.243 e. The third-order valence-electron chi connectivity index (χ3n) is 3.46. The van der Waals surface area contributed by atoms with Crippen LogP contribution in [0.1, 0.15) is 25.3 Å². The Balaban J connectivity index is 2.39. The van der Waals surface area contributed by atoms with Gasteiger partial charge >= 0.3 is 0 Å². The predicted octanol–water partition coefficient (Wildman–Crippen LogP) is 3.07. The molecule has 1 heterocycles. The zero-order valence-corrected chi connectivity index (χ0v) is 12.3. The Bertz CT molecular complexity index is 542. The smallest absolute Gasteiger partial charge is 0.207 e. The summed E-state index contributed by atoms with van der Waals surface area (Å²) in [7, 11) is -3.40. The van der Waals surface area contributed by atoms with Crippen molar-refractivity contribution in [1.29, 1.82) is 0 Å². The predicted molar refractivity (Wildman–Crippen MR) is 73.3 cm³/mol. The topological polar surface area (TPSA) is 37.4 Å². The van der Waals surface area contributed by atoms with E-state index in [9.17, 15) is 8.42 Å². The average Bonchev–Trinajstić information content (AvgIpc) is 2.32. The summed E-state index contributed by atoms with van der Waals surface area (Å²) in [5.41, 5.74) is 0.636. The number of sulfonamides is 1. The summed E-state index contributed by atoms with van der Waals surface area (Å²) in [5, 5.41) is 0.501. The molecule has 18 heavy (non-hydrogen) atoms. The van der Waals surface area contributed by atoms with E-state index >= 15 is 0 Å². The van der Waals surface area contributed by atoms with Crippen LogP contribution in [-0.4, -0.2) is 25.8 Å². The van der Waals surface area contributed by atoms with E-state index in [4.69, 9.17) is 11.6 Å². The van der Waals surface area contributed by atoms with Gasteiger partial charge in [0.1, 0.15) is 0 Å². The summed E-state index contributed by atoms with van der Waals surface area (Å²) in [6.07, 6.45) is 2.03. The molecular weight excluding hydrogens is 270 g/mol. The molecular formula is C13H18ClNO2S. The first-order valence-corrected chi connectivity index (χ1v) is 8.00. The first-order chi connectivity index (χ1) is 8.43. The molecule has 2 rings (SSSR count). The number of hydrogen-bond donors (Lipinski definition) is 0. The highest BCUT2D eigenvalue weighted by molar-refractivity contribution is 7.89. The summed E-state index contributed by atoms with van der Waals surface area (Å²) in [6, 6.07) is 5.04. The van der Waals surface area contributed by atoms with E-state index in [0.717, 1.165) is 12.8 Å². The molecule has 1 saturated heterocycles. The minimum Gasteiger partial charge on any atom is -0.207 e. The molecule has 0 unspecified atom stereocenters. The van der Waals surface area contributed by atoms with Crippen LogP contribution in [-0.2, 0) is 10.0 Å². The fraction of sp³-hybridized carbons (Fsp3) is 0.538. The third kappa shape index (κ3) is 2.56. The zero-order valence-electron chi connectivity index (χ0n) is 10.7. The summed E-state index contributed by atoms with van der Waals surface area (Å²) >= 11 is 6.00. The summed E-state index contributed by atoms with van der Waals surface area (Å²) in [4.78, 5) is 0.337. The van der Waals surface area contributed by atoms with Crippen molar-refractivity contribution in [3.8, 4) is 0 Å². The Morgan fingerprint density at radius 2 is 2.11 bits per heavy atom. The lowest BCUT2D eigenvalue weighted by molar-refractivity contribution is 0.281. The Morgan fingerprint density at radius 3 is 2.78 bits per heavy atom. The molecule has 0 aromatic heterocycles. The van der Waals surface area contributed by atoms with Crippen LogP contribution in [0.3, 0.4) is 0 Å². The van der Waals surface area contributed by atoms with Crippen molar-refractivity contribution >= 4 is 21.6 Å². The minimum atomic E-state index is -3.40. The van der Waals surface area contributed by atoms with Crippen LogP contribution in [0, 0.1) is 12.8 Å². The van der Waals surface area contributed by atoms with E-state index in [1.807, 2.05) is 0 Å². The molecule has 100 valence electrons. The lowest BCUT2D eigenvalue weighted by Crippen LogP contribution is -2.39. The summed E-state index contributed by atoms with van der Waals surface area (Å²) in [6.45, 7) is 5.06. The molecule has 1 fully saturated rings. The molecule has 0 saturated carbocycles. The molecule has 1 atom stereocenters. The normalized spacial score (nSPS) is 22.1. The minimum absolute atomic E-state index is 0.337. The molecule has 0 spiro atoms. The van der Waals surface area contributed by atoms with Gasteiger partial charge in [-0.2, -0.15) is 4.31 Å². The van der Waals surface area contributed by atoms with E-state index in [1.54, 1.807) is 29.4 Å². The quantitative estimate of drug-likeness (QED) is 0.838. The number of hydrogen-bond acceptors (Lipinski definition) is 2. The molecule has 0 aliphatic carbocycles. The van der Waals surface area contributed by atoms with Crippen LogP contribution in [0.25, 0.3) is 0 Å². The Kier molecular flexibility index (Phi) is 3.99. The zero-order chi connectivity index (χ0) is 13.3. The number of halogens is 1. The van der Waals surface area contributed by atoms with Gasteiger partial charge < -0.3 is 0 Å². The second-order valence-corrected chi connectivity index (χ2v) is 7.29. The van der Waals surface area contributed by atoms with Crippen molar-refractivity contribution in [2.75, 3.05) is 13.1 Å². The SMILES string of the molecule is Cc1c(Cl)cccc1S(=O)(=O)N1CCC[C@@H](C)C1. The second-order valence-electron chi connectivity index (χ2n) is 4.97. The number of rotatable bonds is 2. The molecule has 1 aromatic carbocycles. The molecule has 0 bridgehead atoms. The van der Waals surface area contributed by atoms with Crippen molar-refractivity contribution in [3.63, 3.8) is 0 Å². The Hall–Kier alpha value is -0.580. The van der Waals surface area contributed by atoms with Crippen molar-refractivity contribution < 1.29 is 8.42 Å². The van der Waals surface area contributed by atoms with Crippen LogP contribution >= 0.6 is 11.6 Å². The Morgan fingerprint density at radius 1 is 1.39 bits per heavy atom. The van der Waals surface area contributed by atoms with E-state index in [1.165, 1.54) is 0 Å². The number of nitrogens with zero attached hydrogens (tertiary/aromatic N) is 1. The maximum absolute atomic E-state index is 12.6. The fourth-order valence-electron chi connectivity index (χ4n) is 2.37. The van der Waals surface area contributed by atoms with Crippen molar-refractivity contribution in [2.24, 2.45) is 5.92 Å². The van der Waals surface area contributed by atoms with Crippen LogP contribution in [0.5, 0.6) is 0 Å². The highest BCUT2D eigenvalue weighted by atomic mass is 35.5. The van der Waals surface area contributed by atoms with Crippen molar-refractivity contribution in [3.05, 3.63) is 28.8 Å². The average molecular weight is 288 g/mol. The van der Waals surface area contributed by atoms with Crippen LogP contribution in [0.2, 0.25) is 5.02 Å². The highest BCUT2D eigenvalue weighted by Gasteiger charge is 2.29. The second kappa shape index (κ2) is 5.19. The molecule has 1 aromatic rings. The van der Waals surface area contributed by atoms with E-state index < -0.39 is 10.0 Å².